The van der Waals surface area contributed by atoms with E-state index < -0.39 is 5.85 Å². The van der Waals surface area contributed by atoms with E-state index in [1.54, 1.807) is 18.5 Å². The Labute approximate surface area is 70.4 Å². The van der Waals surface area contributed by atoms with Crippen LogP contribution in [0, 0.1) is 11.8 Å². The Kier molecular flexibility index (Phi) is 4.34. The summed E-state index contributed by atoms with van der Waals surface area (Å²) < 4.78 is 4.86. The first-order valence-corrected chi connectivity index (χ1v) is 3.10. The van der Waals surface area contributed by atoms with Gasteiger partial charge in [0.1, 0.15) is 0 Å². The summed E-state index contributed by atoms with van der Waals surface area (Å²) in [5, 5.41) is 8.97. The molecule has 1 atom stereocenters. The van der Waals surface area contributed by atoms with Crippen molar-refractivity contribution < 1.29 is 14.5 Å². The molecule has 0 saturated heterocycles. The van der Waals surface area contributed by atoms with Crippen molar-refractivity contribution in [1.29, 1.82) is 5.26 Å². The van der Waals surface area contributed by atoms with Crippen LogP contribution in [0.5, 0.6) is 0 Å². The molecule has 0 amide bonds. The Morgan fingerprint density at radius 2 is 2.42 bits per heavy atom. The highest BCUT2D eigenvalue weighted by molar-refractivity contribution is 5.69. The first-order chi connectivity index (χ1) is 5.83. The smallest absolute Gasteiger partial charge is 0.407 e. The number of rotatable bonds is 2. The summed E-state index contributed by atoms with van der Waals surface area (Å²) in [6.45, 7) is 4.75. The molecule has 1 heterocycles. The molecule has 0 radical (unpaired) electrons. The molecule has 1 rings (SSSR count). The molecule has 0 aromatic rings. The van der Waals surface area contributed by atoms with Crippen LogP contribution in [0.15, 0.2) is 12.3 Å². The third kappa shape index (κ3) is 2.18. The number of nitrogens with one attached hydrogen (secondary N) is 2. The van der Waals surface area contributed by atoms with Crippen molar-refractivity contribution in [3.05, 3.63) is 18.8 Å². The molecule has 1 aliphatic rings. The fourth-order valence-electron chi connectivity index (χ4n) is 0.668. The Bertz CT molecular complexity index is 222. The molecule has 0 aromatic heterocycles. The van der Waals surface area contributed by atoms with Crippen LogP contribution in [0.2, 0.25) is 0 Å². The van der Waals surface area contributed by atoms with Gasteiger partial charge in [-0.1, -0.05) is 0 Å². The predicted octanol–water partition coefficient (Wildman–Crippen LogP) is -2.15. The number of aldehydes is 1. The van der Waals surface area contributed by atoms with Crippen LogP contribution >= 0.6 is 0 Å². The van der Waals surface area contributed by atoms with E-state index in [4.69, 9.17) is 16.6 Å². The third-order valence-corrected chi connectivity index (χ3v) is 1.28. The first kappa shape index (κ1) is 10.3. The van der Waals surface area contributed by atoms with Crippen molar-refractivity contribution in [2.45, 2.75) is 5.85 Å². The zero-order valence-corrected chi connectivity index (χ0v) is 6.57. The molecule has 0 aliphatic carbocycles. The minimum absolute atomic E-state index is 0.660. The summed E-state index contributed by atoms with van der Waals surface area (Å²) in [6.07, 6.45) is 5.66. The molecule has 5 nitrogen and oxygen atoms in total. The molecule has 0 aromatic carbocycles. The van der Waals surface area contributed by atoms with Gasteiger partial charge in [0, 0.05) is 19.4 Å². The lowest BCUT2D eigenvalue weighted by Gasteiger charge is -2.16. The molecule has 5 heteroatoms. The fraction of sp³-hybridized carbons (Fsp3) is 0.286. The maximum atomic E-state index is 10.4. The fourth-order valence-corrected chi connectivity index (χ4v) is 0.668. The van der Waals surface area contributed by atoms with Gasteiger partial charge in [0.15, 0.2) is 6.21 Å². The second-order valence-corrected chi connectivity index (χ2v) is 1.87. The van der Waals surface area contributed by atoms with Gasteiger partial charge in [0.2, 0.25) is 6.29 Å². The molecule has 1 unspecified atom stereocenters. The van der Waals surface area contributed by atoms with Crippen molar-refractivity contribution in [2.24, 2.45) is 0 Å². The van der Waals surface area contributed by atoms with E-state index in [1.165, 1.54) is 7.11 Å². The van der Waals surface area contributed by atoms with Gasteiger partial charge < -0.3 is 17.2 Å². The van der Waals surface area contributed by atoms with Crippen molar-refractivity contribution in [3.63, 3.8) is 0 Å². The lowest BCUT2D eigenvalue weighted by atomic mass is 10.4. The Hall–Kier alpha value is -1.67. The highest BCUT2D eigenvalue weighted by atomic mass is 16.5. The second-order valence-electron chi connectivity index (χ2n) is 1.87. The van der Waals surface area contributed by atoms with Gasteiger partial charge in [-0.3, -0.25) is 9.53 Å². The molecular formula is C7H9N3O2. The topological polar surface area (TPSA) is 76.1 Å². The number of allylic oxidation sites excluding steroid dienone is 1. The normalized spacial score (nSPS) is 24.9. The molecule has 0 saturated carbocycles. The van der Waals surface area contributed by atoms with E-state index in [0.29, 0.717) is 6.29 Å². The summed E-state index contributed by atoms with van der Waals surface area (Å²) in [6, 6.07) is 0. The maximum absolute atomic E-state index is 10.4. The quantitative estimate of drug-likeness (QED) is 0.363. The zero-order valence-electron chi connectivity index (χ0n) is 6.57. The second kappa shape index (κ2) is 5.04. The number of methoxy groups -OCH3 is 1. The van der Waals surface area contributed by atoms with Gasteiger partial charge >= 0.3 is 5.85 Å². The first-order valence-electron chi connectivity index (χ1n) is 3.10. The summed E-state index contributed by atoms with van der Waals surface area (Å²) in [5.74, 6) is -1.06. The van der Waals surface area contributed by atoms with E-state index in [9.17, 15) is 4.79 Å². The molecule has 2 N–H and O–H groups in total. The average molecular weight is 167 g/mol. The van der Waals surface area contributed by atoms with Crippen LogP contribution in [-0.2, 0) is 9.53 Å². The summed E-state index contributed by atoms with van der Waals surface area (Å²) in [7, 11) is 1.45. The lowest BCUT2D eigenvalue weighted by molar-refractivity contribution is -0.596. The van der Waals surface area contributed by atoms with Crippen LogP contribution in [0.4, 0.5) is 0 Å². The van der Waals surface area contributed by atoms with Gasteiger partial charge in [-0.05, 0) is 0 Å². The van der Waals surface area contributed by atoms with Gasteiger partial charge in [-0.25, -0.2) is 0 Å². The number of hydrogen-bond donors (Lipinski definition) is 2. The number of nitrogens with zero attached hydrogens (tertiary/aromatic N) is 1. The van der Waals surface area contributed by atoms with Crippen LogP contribution in [0.1, 0.15) is 0 Å². The van der Waals surface area contributed by atoms with Crippen molar-refractivity contribution in [2.75, 3.05) is 7.11 Å². The summed E-state index contributed by atoms with van der Waals surface area (Å²) in [5.41, 5.74) is 0. The third-order valence-electron chi connectivity index (χ3n) is 1.28. The van der Waals surface area contributed by atoms with Gasteiger partial charge in [0.05, 0.1) is 0 Å². The monoisotopic (exact) mass is 167 g/mol. The Morgan fingerprint density at radius 3 is 2.67 bits per heavy atom. The number of carbonyl (C=O) groups is 1. The highest BCUT2D eigenvalue weighted by Crippen LogP contribution is 1.88. The molecule has 1 aliphatic heterocycles. The standard InChI is InChI=1S/C6H8N2O2.CN/c1-10-6(5-9)7-3-2-4-8-6;1-2/h2-5,7H,1H3;/q;-1/p+1. The largest absolute Gasteiger partial charge is 0.512 e. The highest BCUT2D eigenvalue weighted by Gasteiger charge is 2.34. The SMILES string of the molecule is COC1(C=O)NC=CC=[NH+]1.[C-]#N. The van der Waals surface area contributed by atoms with Crippen molar-refractivity contribution in [3.8, 4) is 0 Å². The van der Waals surface area contributed by atoms with Crippen molar-refractivity contribution in [1.82, 2.24) is 5.32 Å². The number of carbonyl (C=O) groups excluding carboxylic acids is 1. The van der Waals surface area contributed by atoms with Crippen LogP contribution < -0.4 is 10.3 Å². The van der Waals surface area contributed by atoms with E-state index in [-0.39, 0.29) is 0 Å². The van der Waals surface area contributed by atoms with Crippen molar-refractivity contribution >= 4 is 12.5 Å². The maximum Gasteiger partial charge on any atom is 0.407 e. The predicted molar refractivity (Wildman–Crippen MR) is 40.1 cm³/mol. The van der Waals surface area contributed by atoms with Gasteiger partial charge in [-0.2, -0.15) is 4.99 Å². The minimum Gasteiger partial charge on any atom is -0.512 e. The minimum atomic E-state index is -1.06. The number of ether oxygens (including phenoxy) is 1. The lowest BCUT2D eigenvalue weighted by Crippen LogP contribution is -2.92. The van der Waals surface area contributed by atoms with E-state index >= 15 is 0 Å². The van der Waals surface area contributed by atoms with Gasteiger partial charge in [0.25, 0.3) is 0 Å². The van der Waals surface area contributed by atoms with Crippen LogP contribution in [-0.4, -0.2) is 25.5 Å². The van der Waals surface area contributed by atoms with E-state index in [1.807, 2.05) is 0 Å². The van der Waals surface area contributed by atoms with Crippen LogP contribution in [0.3, 0.4) is 0 Å². The molecular weight excluding hydrogens is 158 g/mol. The zero-order chi connectivity index (χ0) is 9.45. The summed E-state index contributed by atoms with van der Waals surface area (Å²) in [4.78, 5) is 13.1. The molecule has 0 fully saturated rings. The molecule has 0 spiro atoms. The Morgan fingerprint density at radius 1 is 1.75 bits per heavy atom. The van der Waals surface area contributed by atoms with Gasteiger partial charge in [-0.15, -0.1) is 0 Å². The summed E-state index contributed by atoms with van der Waals surface area (Å²) >= 11 is 0. The Balaban J connectivity index is 0.000000561. The van der Waals surface area contributed by atoms with Crippen LogP contribution in [0.25, 0.3) is 0 Å². The molecule has 0 bridgehead atoms. The average Bonchev–Trinajstić information content (AvgIpc) is 2.22. The molecule has 64 valence electrons. The van der Waals surface area contributed by atoms with E-state index in [2.05, 4.69) is 10.3 Å². The van der Waals surface area contributed by atoms with E-state index in [0.717, 1.165) is 0 Å². The number of hydrogen-bond acceptors (Lipinski definition) is 4. The molecule has 12 heavy (non-hydrogen) atoms.